The van der Waals surface area contributed by atoms with Gasteiger partial charge in [0.25, 0.3) is 17.7 Å². The number of benzene rings is 2. The molecule has 6 nitrogen and oxygen atoms in total. The Morgan fingerprint density at radius 3 is 2.40 bits per heavy atom. The van der Waals surface area contributed by atoms with E-state index in [2.05, 4.69) is 10.3 Å². The first-order chi connectivity index (χ1) is 14.6. The van der Waals surface area contributed by atoms with Crippen LogP contribution in [0.2, 0.25) is 0 Å². The zero-order valence-electron chi connectivity index (χ0n) is 15.4. The van der Waals surface area contributed by atoms with Crippen molar-refractivity contribution in [2.75, 3.05) is 10.2 Å². The van der Waals surface area contributed by atoms with E-state index < -0.39 is 0 Å². The van der Waals surface area contributed by atoms with Crippen molar-refractivity contribution in [2.45, 2.75) is 0 Å². The van der Waals surface area contributed by atoms with E-state index in [0.717, 1.165) is 15.5 Å². The van der Waals surface area contributed by atoms with Gasteiger partial charge >= 0.3 is 0 Å². The number of hydrogen-bond acceptors (Lipinski definition) is 6. The highest BCUT2D eigenvalue weighted by molar-refractivity contribution is 7.14. The predicted molar refractivity (Wildman–Crippen MR) is 117 cm³/mol. The molecule has 0 radical (unpaired) electrons. The quantitative estimate of drug-likeness (QED) is 0.465. The third-order valence-corrected chi connectivity index (χ3v) is 6.24. The summed E-state index contributed by atoms with van der Waals surface area (Å²) in [6, 6.07) is 15.3. The summed E-state index contributed by atoms with van der Waals surface area (Å²) in [5.74, 6) is -1.11. The highest BCUT2D eigenvalue weighted by Crippen LogP contribution is 2.30. The van der Waals surface area contributed by atoms with E-state index in [-0.39, 0.29) is 17.7 Å². The maximum atomic E-state index is 12.7. The summed E-state index contributed by atoms with van der Waals surface area (Å²) in [6.45, 7) is 0. The molecule has 0 fully saturated rings. The lowest BCUT2D eigenvalue weighted by atomic mass is 10.1. The Morgan fingerprint density at radius 1 is 0.933 bits per heavy atom. The van der Waals surface area contributed by atoms with E-state index >= 15 is 0 Å². The van der Waals surface area contributed by atoms with Crippen LogP contribution in [-0.2, 0) is 0 Å². The highest BCUT2D eigenvalue weighted by atomic mass is 32.1. The molecule has 1 aliphatic rings. The number of rotatable bonds is 4. The van der Waals surface area contributed by atoms with Crippen molar-refractivity contribution in [3.63, 3.8) is 0 Å². The Kier molecular flexibility index (Phi) is 4.50. The van der Waals surface area contributed by atoms with Crippen molar-refractivity contribution in [3.05, 3.63) is 87.6 Å². The first-order valence-corrected chi connectivity index (χ1v) is 10.8. The number of nitrogens with one attached hydrogen (secondary N) is 1. The molecule has 0 bridgehead atoms. The van der Waals surface area contributed by atoms with E-state index in [0.29, 0.717) is 28.2 Å². The highest BCUT2D eigenvalue weighted by Gasteiger charge is 2.36. The van der Waals surface area contributed by atoms with Crippen LogP contribution in [0.15, 0.2) is 70.7 Å². The van der Waals surface area contributed by atoms with Crippen LogP contribution < -0.4 is 10.2 Å². The number of imide groups is 1. The summed E-state index contributed by atoms with van der Waals surface area (Å²) >= 11 is 2.97. The number of amides is 3. The van der Waals surface area contributed by atoms with Crippen molar-refractivity contribution < 1.29 is 14.4 Å². The van der Waals surface area contributed by atoms with Crippen LogP contribution in [0.1, 0.15) is 31.2 Å². The Hall–Kier alpha value is -3.62. The molecular weight excluding hydrogens is 418 g/mol. The van der Waals surface area contributed by atoms with Crippen LogP contribution in [-0.4, -0.2) is 22.7 Å². The van der Waals surface area contributed by atoms with Gasteiger partial charge in [-0.05, 0) is 41.8 Å². The molecule has 8 heteroatoms. The number of thiazole rings is 1. The molecule has 3 heterocycles. The summed E-state index contributed by atoms with van der Waals surface area (Å²) in [7, 11) is 0. The minimum Gasteiger partial charge on any atom is -0.321 e. The van der Waals surface area contributed by atoms with Gasteiger partial charge < -0.3 is 5.32 Å². The summed E-state index contributed by atoms with van der Waals surface area (Å²) in [4.78, 5) is 43.5. The minimum atomic E-state index is -0.376. The molecule has 0 saturated heterocycles. The Balaban J connectivity index is 1.38. The maximum Gasteiger partial charge on any atom is 0.275 e. The van der Waals surface area contributed by atoms with Gasteiger partial charge in [-0.15, -0.1) is 11.3 Å². The second-order valence-corrected chi connectivity index (χ2v) is 8.18. The predicted octanol–water partition coefficient (Wildman–Crippen LogP) is 4.92. The fourth-order valence-electron chi connectivity index (χ4n) is 3.24. The zero-order chi connectivity index (χ0) is 20.7. The van der Waals surface area contributed by atoms with E-state index in [1.54, 1.807) is 65.2 Å². The summed E-state index contributed by atoms with van der Waals surface area (Å²) in [5, 5.41) is 9.21. The third-order valence-electron chi connectivity index (χ3n) is 4.66. The lowest BCUT2D eigenvalue weighted by molar-refractivity contribution is 0.0925. The van der Waals surface area contributed by atoms with Crippen molar-refractivity contribution in [1.29, 1.82) is 0 Å². The van der Waals surface area contributed by atoms with Crippen molar-refractivity contribution in [2.24, 2.45) is 0 Å². The number of thiophene rings is 1. The third kappa shape index (κ3) is 3.12. The number of anilines is 2. The SMILES string of the molecule is O=C(Nc1cccc(N2C(=O)c3ccccc3C2=O)c1)c1csc(-c2ccsc2)n1. The van der Waals surface area contributed by atoms with E-state index in [4.69, 9.17) is 0 Å². The van der Waals surface area contributed by atoms with Gasteiger partial charge in [0.05, 0.1) is 16.8 Å². The summed E-state index contributed by atoms with van der Waals surface area (Å²) in [6.07, 6.45) is 0. The average molecular weight is 431 g/mol. The molecule has 1 aliphatic heterocycles. The van der Waals surface area contributed by atoms with Gasteiger partial charge in [-0.3, -0.25) is 14.4 Å². The molecule has 2 aromatic carbocycles. The molecule has 0 atom stereocenters. The molecule has 30 heavy (non-hydrogen) atoms. The molecule has 3 amide bonds. The number of fused-ring (bicyclic) bond motifs is 1. The molecule has 0 spiro atoms. The lowest BCUT2D eigenvalue weighted by Gasteiger charge is -2.15. The van der Waals surface area contributed by atoms with Crippen molar-refractivity contribution in [1.82, 2.24) is 4.98 Å². The minimum absolute atomic E-state index is 0.312. The Morgan fingerprint density at radius 2 is 1.70 bits per heavy atom. The number of hydrogen-bond donors (Lipinski definition) is 1. The second kappa shape index (κ2) is 7.33. The lowest BCUT2D eigenvalue weighted by Crippen LogP contribution is -2.29. The van der Waals surface area contributed by atoms with Crippen LogP contribution in [0, 0.1) is 0 Å². The standard InChI is InChI=1S/C22H13N3O3S2/c26-19(18-12-30-20(24-18)13-8-9-29-11-13)23-14-4-3-5-15(10-14)25-21(27)16-6-1-2-7-17(16)22(25)28/h1-12H,(H,23,26). The number of carbonyl (C=O) groups is 3. The molecule has 0 aliphatic carbocycles. The van der Waals surface area contributed by atoms with Crippen LogP contribution in [0.5, 0.6) is 0 Å². The smallest absolute Gasteiger partial charge is 0.275 e. The van der Waals surface area contributed by atoms with Gasteiger partial charge in [-0.25, -0.2) is 9.88 Å². The maximum absolute atomic E-state index is 12.7. The van der Waals surface area contributed by atoms with Crippen LogP contribution in [0.3, 0.4) is 0 Å². The van der Waals surface area contributed by atoms with Crippen molar-refractivity contribution >= 4 is 51.8 Å². The Labute approximate surface area is 179 Å². The van der Waals surface area contributed by atoms with Gasteiger partial charge in [0.15, 0.2) is 0 Å². The topological polar surface area (TPSA) is 79.4 Å². The van der Waals surface area contributed by atoms with Crippen LogP contribution in [0.25, 0.3) is 10.6 Å². The average Bonchev–Trinajstić information content (AvgIpc) is 3.49. The van der Waals surface area contributed by atoms with E-state index in [1.165, 1.54) is 11.3 Å². The largest absolute Gasteiger partial charge is 0.321 e. The van der Waals surface area contributed by atoms with E-state index in [9.17, 15) is 14.4 Å². The normalized spacial score (nSPS) is 12.9. The van der Waals surface area contributed by atoms with Crippen LogP contribution in [0.4, 0.5) is 11.4 Å². The molecule has 146 valence electrons. The molecular formula is C22H13N3O3S2. The first-order valence-electron chi connectivity index (χ1n) is 8.99. The van der Waals surface area contributed by atoms with Gasteiger partial charge in [0, 0.05) is 22.0 Å². The summed E-state index contributed by atoms with van der Waals surface area (Å²) in [5.41, 5.74) is 2.92. The molecule has 2 aromatic heterocycles. The van der Waals surface area contributed by atoms with Crippen molar-refractivity contribution in [3.8, 4) is 10.6 Å². The van der Waals surface area contributed by atoms with Gasteiger partial charge in [-0.2, -0.15) is 11.3 Å². The second-order valence-electron chi connectivity index (χ2n) is 6.55. The van der Waals surface area contributed by atoms with Gasteiger partial charge in [0.1, 0.15) is 10.7 Å². The fraction of sp³-hybridized carbons (Fsp3) is 0. The molecule has 0 unspecified atom stereocenters. The monoisotopic (exact) mass is 431 g/mol. The zero-order valence-corrected chi connectivity index (χ0v) is 17.0. The first kappa shape index (κ1) is 18.4. The van der Waals surface area contributed by atoms with Gasteiger partial charge in [-0.1, -0.05) is 18.2 Å². The summed E-state index contributed by atoms with van der Waals surface area (Å²) < 4.78 is 0. The van der Waals surface area contributed by atoms with E-state index in [1.807, 2.05) is 16.8 Å². The van der Waals surface area contributed by atoms with Gasteiger partial charge in [0.2, 0.25) is 0 Å². The molecule has 0 saturated carbocycles. The number of aromatic nitrogens is 1. The number of nitrogens with zero attached hydrogens (tertiary/aromatic N) is 2. The fourth-order valence-corrected chi connectivity index (χ4v) is 4.75. The number of carbonyl (C=O) groups excluding carboxylic acids is 3. The molecule has 1 N–H and O–H groups in total. The Bertz CT molecular complexity index is 1260. The van der Waals surface area contributed by atoms with Crippen LogP contribution >= 0.6 is 22.7 Å². The molecule has 4 aromatic rings. The molecule has 5 rings (SSSR count).